The molecule has 1 aromatic rings. The first-order chi connectivity index (χ1) is 9.45. The highest BCUT2D eigenvalue weighted by Crippen LogP contribution is 2.22. The summed E-state index contributed by atoms with van der Waals surface area (Å²) in [5, 5.41) is 0. The summed E-state index contributed by atoms with van der Waals surface area (Å²) in [7, 11) is -3.86. The van der Waals surface area contributed by atoms with Crippen LogP contribution < -0.4 is 5.73 Å². The van der Waals surface area contributed by atoms with E-state index in [0.717, 1.165) is 6.07 Å². The molecule has 0 amide bonds. The van der Waals surface area contributed by atoms with Gasteiger partial charge in [0.25, 0.3) is 0 Å². The largest absolute Gasteiger partial charge is 0.377 e. The lowest BCUT2D eigenvalue weighted by Crippen LogP contribution is -2.36. The predicted octanol–water partition coefficient (Wildman–Crippen LogP) is 1.08. The summed E-state index contributed by atoms with van der Waals surface area (Å²) in [4.78, 5) is -0.311. The zero-order chi connectivity index (χ0) is 14.8. The van der Waals surface area contributed by atoms with Gasteiger partial charge in [-0.15, -0.1) is 0 Å². The second kappa shape index (κ2) is 6.17. The third-order valence-electron chi connectivity index (χ3n) is 3.26. The number of benzene rings is 1. The first-order valence-electron chi connectivity index (χ1n) is 6.55. The van der Waals surface area contributed by atoms with Crippen molar-refractivity contribution in [3.63, 3.8) is 0 Å². The van der Waals surface area contributed by atoms with Crippen molar-refractivity contribution in [3.05, 3.63) is 29.6 Å². The molecular weight excluding hydrogens is 283 g/mol. The van der Waals surface area contributed by atoms with E-state index in [1.54, 1.807) is 6.92 Å². The standard InChI is InChI=1S/C13H19FN2O3S/c1-10-9-16(5-2-6-19-10)20(17,18)13-7-11(8-15)3-4-12(13)14/h3-4,7,10H,2,5-6,8-9,15H2,1H3. The maximum atomic E-state index is 13.9. The third kappa shape index (κ3) is 3.17. The van der Waals surface area contributed by atoms with Crippen molar-refractivity contribution in [1.29, 1.82) is 0 Å². The zero-order valence-corrected chi connectivity index (χ0v) is 12.2. The van der Waals surface area contributed by atoms with Crippen LogP contribution in [0.1, 0.15) is 18.9 Å². The Morgan fingerprint density at radius 3 is 2.95 bits per heavy atom. The van der Waals surface area contributed by atoms with Crippen LogP contribution in [0.3, 0.4) is 0 Å². The Hall–Kier alpha value is -1.02. The summed E-state index contributed by atoms with van der Waals surface area (Å²) in [6.07, 6.45) is 0.398. The normalized spacial score (nSPS) is 21.6. The highest BCUT2D eigenvalue weighted by molar-refractivity contribution is 7.89. The van der Waals surface area contributed by atoms with Gasteiger partial charge >= 0.3 is 0 Å². The van der Waals surface area contributed by atoms with Crippen LogP contribution in [0, 0.1) is 5.82 Å². The Morgan fingerprint density at radius 2 is 2.25 bits per heavy atom. The number of hydrogen-bond acceptors (Lipinski definition) is 4. The molecule has 0 saturated carbocycles. The maximum Gasteiger partial charge on any atom is 0.246 e. The molecule has 0 spiro atoms. The SMILES string of the molecule is CC1CN(S(=O)(=O)c2cc(CN)ccc2F)CCCO1. The van der Waals surface area contributed by atoms with Crippen LogP contribution in [0.4, 0.5) is 4.39 Å². The highest BCUT2D eigenvalue weighted by atomic mass is 32.2. The van der Waals surface area contributed by atoms with Crippen LogP contribution in [0.2, 0.25) is 0 Å². The Morgan fingerprint density at radius 1 is 1.50 bits per heavy atom. The van der Waals surface area contributed by atoms with Gasteiger partial charge in [-0.1, -0.05) is 6.07 Å². The Kier molecular flexibility index (Phi) is 4.74. The monoisotopic (exact) mass is 302 g/mol. The maximum absolute atomic E-state index is 13.9. The minimum Gasteiger partial charge on any atom is -0.377 e. The van der Waals surface area contributed by atoms with E-state index in [1.807, 2.05) is 0 Å². The summed E-state index contributed by atoms with van der Waals surface area (Å²) in [5.74, 6) is -0.750. The fraction of sp³-hybridized carbons (Fsp3) is 0.538. The summed E-state index contributed by atoms with van der Waals surface area (Å²) in [5.41, 5.74) is 6.07. The van der Waals surface area contributed by atoms with Crippen molar-refractivity contribution in [2.24, 2.45) is 5.73 Å². The summed E-state index contributed by atoms with van der Waals surface area (Å²) >= 11 is 0. The highest BCUT2D eigenvalue weighted by Gasteiger charge is 2.30. The van der Waals surface area contributed by atoms with Gasteiger partial charge < -0.3 is 10.5 Å². The van der Waals surface area contributed by atoms with Crippen LogP contribution in [-0.4, -0.2) is 38.5 Å². The molecule has 2 rings (SSSR count). The Labute approximate surface area is 118 Å². The topological polar surface area (TPSA) is 72.6 Å². The molecule has 0 aromatic heterocycles. The molecule has 1 atom stereocenters. The van der Waals surface area contributed by atoms with Crippen LogP contribution in [0.25, 0.3) is 0 Å². The van der Waals surface area contributed by atoms with Crippen molar-refractivity contribution in [3.8, 4) is 0 Å². The molecule has 1 heterocycles. The molecule has 1 aliphatic rings. The van der Waals surface area contributed by atoms with Gasteiger partial charge in [0.05, 0.1) is 6.10 Å². The van der Waals surface area contributed by atoms with Crippen molar-refractivity contribution in [2.45, 2.75) is 30.9 Å². The molecule has 0 aliphatic carbocycles. The fourth-order valence-electron chi connectivity index (χ4n) is 2.19. The Bertz CT molecular complexity index is 577. The molecule has 7 heteroatoms. The van der Waals surface area contributed by atoms with Crippen molar-refractivity contribution in [1.82, 2.24) is 4.31 Å². The summed E-state index contributed by atoms with van der Waals surface area (Å²) in [6, 6.07) is 3.94. The molecule has 1 aliphatic heterocycles. The number of sulfonamides is 1. The lowest BCUT2D eigenvalue weighted by Gasteiger charge is -2.22. The van der Waals surface area contributed by atoms with E-state index in [9.17, 15) is 12.8 Å². The molecule has 112 valence electrons. The van der Waals surface area contributed by atoms with Gasteiger partial charge in [0.1, 0.15) is 10.7 Å². The molecule has 2 N–H and O–H groups in total. The molecule has 1 aromatic carbocycles. The van der Waals surface area contributed by atoms with E-state index < -0.39 is 15.8 Å². The Balaban J connectivity index is 2.38. The molecular formula is C13H19FN2O3S. The first kappa shape index (κ1) is 15.4. The van der Waals surface area contributed by atoms with Crippen molar-refractivity contribution < 1.29 is 17.5 Å². The second-order valence-electron chi connectivity index (χ2n) is 4.87. The van der Waals surface area contributed by atoms with Gasteiger partial charge in [0.2, 0.25) is 10.0 Å². The average Bonchev–Trinajstić information content (AvgIpc) is 2.64. The van der Waals surface area contributed by atoms with Crippen LogP contribution in [0.5, 0.6) is 0 Å². The van der Waals surface area contributed by atoms with E-state index in [2.05, 4.69) is 0 Å². The lowest BCUT2D eigenvalue weighted by atomic mass is 10.2. The number of nitrogens with two attached hydrogens (primary N) is 1. The molecule has 0 radical (unpaired) electrons. The number of nitrogens with zero attached hydrogens (tertiary/aromatic N) is 1. The minimum atomic E-state index is -3.86. The van der Waals surface area contributed by atoms with Crippen LogP contribution in [-0.2, 0) is 21.3 Å². The van der Waals surface area contributed by atoms with Gasteiger partial charge in [-0.25, -0.2) is 12.8 Å². The quantitative estimate of drug-likeness (QED) is 0.907. The molecule has 5 nitrogen and oxygen atoms in total. The molecule has 0 bridgehead atoms. The van der Waals surface area contributed by atoms with E-state index in [1.165, 1.54) is 16.4 Å². The smallest absolute Gasteiger partial charge is 0.246 e. The van der Waals surface area contributed by atoms with Crippen LogP contribution in [0.15, 0.2) is 23.1 Å². The summed E-state index contributed by atoms with van der Waals surface area (Å²) in [6.45, 7) is 3.05. The second-order valence-corrected chi connectivity index (χ2v) is 6.77. The van der Waals surface area contributed by atoms with Gasteiger partial charge in [-0.2, -0.15) is 4.31 Å². The van der Waals surface area contributed by atoms with Gasteiger partial charge in [0.15, 0.2) is 0 Å². The first-order valence-corrected chi connectivity index (χ1v) is 7.99. The fourth-order valence-corrected chi connectivity index (χ4v) is 3.85. The van der Waals surface area contributed by atoms with Gasteiger partial charge in [0, 0.05) is 26.2 Å². The van der Waals surface area contributed by atoms with E-state index in [-0.39, 0.29) is 24.1 Å². The molecule has 20 heavy (non-hydrogen) atoms. The minimum absolute atomic E-state index is 0.169. The predicted molar refractivity (Wildman–Crippen MR) is 73.1 cm³/mol. The zero-order valence-electron chi connectivity index (χ0n) is 11.4. The van der Waals surface area contributed by atoms with Crippen LogP contribution >= 0.6 is 0 Å². The lowest BCUT2D eigenvalue weighted by molar-refractivity contribution is 0.0752. The number of rotatable bonds is 3. The van der Waals surface area contributed by atoms with Crippen molar-refractivity contribution in [2.75, 3.05) is 19.7 Å². The van der Waals surface area contributed by atoms with E-state index >= 15 is 0 Å². The van der Waals surface area contributed by atoms with Gasteiger partial charge in [-0.3, -0.25) is 0 Å². The van der Waals surface area contributed by atoms with E-state index in [4.69, 9.17) is 10.5 Å². The van der Waals surface area contributed by atoms with Gasteiger partial charge in [-0.05, 0) is 31.0 Å². The molecule has 1 unspecified atom stereocenters. The van der Waals surface area contributed by atoms with Crippen molar-refractivity contribution >= 4 is 10.0 Å². The molecule has 1 fully saturated rings. The van der Waals surface area contributed by atoms with E-state index in [0.29, 0.717) is 25.1 Å². The third-order valence-corrected chi connectivity index (χ3v) is 5.14. The average molecular weight is 302 g/mol. The number of ether oxygens (including phenoxy) is 1. The number of halogens is 1. The molecule has 1 saturated heterocycles. The number of hydrogen-bond donors (Lipinski definition) is 1. The summed E-state index contributed by atoms with van der Waals surface area (Å²) < 4.78 is 45.7.